The van der Waals surface area contributed by atoms with Crippen molar-refractivity contribution in [3.63, 3.8) is 0 Å². The number of aryl methyl sites for hydroxylation is 1. The number of hydrogen-bond donors (Lipinski definition) is 0. The third-order valence-corrected chi connectivity index (χ3v) is 5.65. The van der Waals surface area contributed by atoms with Crippen LogP contribution in [0.2, 0.25) is 0 Å². The SMILES string of the molecule is CCN1CCCC1C1CCCN1C(=O)CCc1cccc(OC)c1. The summed E-state index contributed by atoms with van der Waals surface area (Å²) in [6.07, 6.45) is 6.25. The maximum atomic E-state index is 12.8. The Balaban J connectivity index is 1.59. The van der Waals surface area contributed by atoms with Crippen LogP contribution < -0.4 is 4.74 Å². The van der Waals surface area contributed by atoms with Crippen molar-refractivity contribution in [2.75, 3.05) is 26.7 Å². The van der Waals surface area contributed by atoms with E-state index in [1.54, 1.807) is 7.11 Å². The van der Waals surface area contributed by atoms with E-state index in [1.165, 1.54) is 31.4 Å². The zero-order valence-electron chi connectivity index (χ0n) is 15.0. The van der Waals surface area contributed by atoms with Crippen LogP contribution >= 0.6 is 0 Å². The van der Waals surface area contributed by atoms with E-state index < -0.39 is 0 Å². The summed E-state index contributed by atoms with van der Waals surface area (Å²) < 4.78 is 5.27. The van der Waals surface area contributed by atoms with Crippen LogP contribution in [-0.4, -0.2) is 54.5 Å². The number of carbonyl (C=O) groups is 1. The van der Waals surface area contributed by atoms with E-state index in [4.69, 9.17) is 4.74 Å². The van der Waals surface area contributed by atoms with Gasteiger partial charge in [0.25, 0.3) is 0 Å². The molecule has 1 aromatic carbocycles. The van der Waals surface area contributed by atoms with Gasteiger partial charge >= 0.3 is 0 Å². The highest BCUT2D eigenvalue weighted by molar-refractivity contribution is 5.77. The van der Waals surface area contributed by atoms with Crippen molar-refractivity contribution in [1.29, 1.82) is 0 Å². The van der Waals surface area contributed by atoms with Gasteiger partial charge in [0.1, 0.15) is 5.75 Å². The lowest BCUT2D eigenvalue weighted by Crippen LogP contribution is -2.48. The third kappa shape index (κ3) is 3.75. The zero-order chi connectivity index (χ0) is 16.9. The summed E-state index contributed by atoms with van der Waals surface area (Å²) in [5.74, 6) is 1.19. The predicted molar refractivity (Wildman–Crippen MR) is 96.3 cm³/mol. The molecule has 4 nitrogen and oxygen atoms in total. The lowest BCUT2D eigenvalue weighted by atomic mass is 10.0. The van der Waals surface area contributed by atoms with Crippen LogP contribution in [0, 0.1) is 0 Å². The first kappa shape index (κ1) is 17.3. The number of likely N-dealkylation sites (tertiary alicyclic amines) is 2. The molecule has 0 N–H and O–H groups in total. The summed E-state index contributed by atoms with van der Waals surface area (Å²) in [5.41, 5.74) is 1.18. The second-order valence-corrected chi connectivity index (χ2v) is 6.99. The fraction of sp³-hybridized carbons (Fsp3) is 0.650. The Morgan fingerprint density at radius 2 is 2.00 bits per heavy atom. The van der Waals surface area contributed by atoms with E-state index >= 15 is 0 Å². The normalized spacial score (nSPS) is 24.5. The smallest absolute Gasteiger partial charge is 0.223 e. The molecule has 0 bridgehead atoms. The molecular weight excluding hydrogens is 300 g/mol. The quantitative estimate of drug-likeness (QED) is 0.803. The monoisotopic (exact) mass is 330 g/mol. The van der Waals surface area contributed by atoms with E-state index in [9.17, 15) is 4.79 Å². The van der Waals surface area contributed by atoms with Gasteiger partial charge in [-0.05, 0) is 62.9 Å². The second kappa shape index (κ2) is 8.02. The Morgan fingerprint density at radius 1 is 1.21 bits per heavy atom. The Kier molecular flexibility index (Phi) is 5.77. The summed E-state index contributed by atoms with van der Waals surface area (Å²) in [4.78, 5) is 17.6. The highest BCUT2D eigenvalue weighted by atomic mass is 16.5. The lowest BCUT2D eigenvalue weighted by Gasteiger charge is -2.34. The van der Waals surface area contributed by atoms with Gasteiger partial charge in [-0.25, -0.2) is 0 Å². The minimum Gasteiger partial charge on any atom is -0.497 e. The van der Waals surface area contributed by atoms with Crippen LogP contribution in [0.5, 0.6) is 5.75 Å². The first-order valence-corrected chi connectivity index (χ1v) is 9.39. The minimum absolute atomic E-state index is 0.322. The number of rotatable bonds is 6. The topological polar surface area (TPSA) is 32.8 Å². The van der Waals surface area contributed by atoms with Crippen LogP contribution in [-0.2, 0) is 11.2 Å². The molecule has 2 aliphatic rings. The average Bonchev–Trinajstić information content (AvgIpc) is 3.27. The molecule has 2 heterocycles. The van der Waals surface area contributed by atoms with Crippen molar-refractivity contribution in [2.45, 2.75) is 57.5 Å². The van der Waals surface area contributed by atoms with Crippen molar-refractivity contribution in [3.8, 4) is 5.75 Å². The standard InChI is InChI=1S/C20H30N2O2/c1-3-21-13-5-9-18(21)19-10-6-14-22(19)20(23)12-11-16-7-4-8-17(15-16)24-2/h4,7-8,15,18-19H,3,5-6,9-14H2,1-2H3. The van der Waals surface area contributed by atoms with E-state index in [1.807, 2.05) is 18.2 Å². The van der Waals surface area contributed by atoms with Crippen LogP contribution in [0.1, 0.15) is 44.6 Å². The van der Waals surface area contributed by atoms with Crippen LogP contribution in [0.4, 0.5) is 0 Å². The summed E-state index contributed by atoms with van der Waals surface area (Å²) in [7, 11) is 1.68. The number of likely N-dealkylation sites (N-methyl/N-ethyl adjacent to an activating group) is 1. The summed E-state index contributed by atoms with van der Waals surface area (Å²) in [5, 5.41) is 0. The molecule has 0 aromatic heterocycles. The molecule has 2 saturated heterocycles. The van der Waals surface area contributed by atoms with Crippen LogP contribution in [0.3, 0.4) is 0 Å². The van der Waals surface area contributed by atoms with Crippen molar-refractivity contribution in [3.05, 3.63) is 29.8 Å². The minimum atomic E-state index is 0.322. The molecule has 0 spiro atoms. The van der Waals surface area contributed by atoms with Gasteiger partial charge in [0.2, 0.25) is 5.91 Å². The molecule has 2 aliphatic heterocycles. The Labute approximate surface area is 145 Å². The van der Waals surface area contributed by atoms with Gasteiger partial charge in [-0.15, -0.1) is 0 Å². The molecule has 0 saturated carbocycles. The number of ether oxygens (including phenoxy) is 1. The first-order chi connectivity index (χ1) is 11.7. The van der Waals surface area contributed by atoms with E-state index in [0.717, 1.165) is 31.7 Å². The van der Waals surface area contributed by atoms with Gasteiger partial charge in [0.05, 0.1) is 7.11 Å². The van der Waals surface area contributed by atoms with E-state index in [-0.39, 0.29) is 0 Å². The molecule has 4 heteroatoms. The molecule has 132 valence electrons. The van der Waals surface area contributed by atoms with Crippen molar-refractivity contribution in [1.82, 2.24) is 9.80 Å². The van der Waals surface area contributed by atoms with Crippen molar-refractivity contribution in [2.24, 2.45) is 0 Å². The fourth-order valence-corrected chi connectivity index (χ4v) is 4.41. The maximum absolute atomic E-state index is 12.8. The highest BCUT2D eigenvalue weighted by Gasteiger charge is 2.38. The fourth-order valence-electron chi connectivity index (χ4n) is 4.41. The van der Waals surface area contributed by atoms with Gasteiger partial charge in [0, 0.05) is 25.0 Å². The molecule has 24 heavy (non-hydrogen) atoms. The number of hydrogen-bond acceptors (Lipinski definition) is 3. The first-order valence-electron chi connectivity index (χ1n) is 9.39. The number of benzene rings is 1. The van der Waals surface area contributed by atoms with E-state index in [0.29, 0.717) is 24.4 Å². The summed E-state index contributed by atoms with van der Waals surface area (Å²) in [6, 6.07) is 9.07. The number of amides is 1. The number of methoxy groups -OCH3 is 1. The molecule has 1 aromatic rings. The average molecular weight is 330 g/mol. The van der Waals surface area contributed by atoms with Gasteiger partial charge < -0.3 is 9.64 Å². The molecule has 3 rings (SSSR count). The zero-order valence-corrected chi connectivity index (χ0v) is 15.0. The Morgan fingerprint density at radius 3 is 2.79 bits per heavy atom. The van der Waals surface area contributed by atoms with E-state index in [2.05, 4.69) is 22.8 Å². The van der Waals surface area contributed by atoms with Gasteiger partial charge in [-0.3, -0.25) is 9.69 Å². The number of nitrogens with zero attached hydrogens (tertiary/aromatic N) is 2. The molecule has 0 aliphatic carbocycles. The van der Waals surface area contributed by atoms with Crippen LogP contribution in [0.25, 0.3) is 0 Å². The van der Waals surface area contributed by atoms with Gasteiger partial charge in [-0.2, -0.15) is 0 Å². The Hall–Kier alpha value is -1.55. The van der Waals surface area contributed by atoms with Crippen LogP contribution in [0.15, 0.2) is 24.3 Å². The molecule has 1 amide bonds. The predicted octanol–water partition coefficient (Wildman–Crippen LogP) is 3.10. The summed E-state index contributed by atoms with van der Waals surface area (Å²) >= 11 is 0. The molecular formula is C20H30N2O2. The van der Waals surface area contributed by atoms with Gasteiger partial charge in [0.15, 0.2) is 0 Å². The number of carbonyl (C=O) groups excluding carboxylic acids is 1. The Bertz CT molecular complexity index is 560. The largest absolute Gasteiger partial charge is 0.497 e. The second-order valence-electron chi connectivity index (χ2n) is 6.99. The lowest BCUT2D eigenvalue weighted by molar-refractivity contribution is -0.133. The molecule has 2 atom stereocenters. The van der Waals surface area contributed by atoms with Gasteiger partial charge in [-0.1, -0.05) is 19.1 Å². The van der Waals surface area contributed by atoms with Crippen molar-refractivity contribution < 1.29 is 9.53 Å². The molecule has 2 unspecified atom stereocenters. The molecule has 0 radical (unpaired) electrons. The maximum Gasteiger partial charge on any atom is 0.223 e. The highest BCUT2D eigenvalue weighted by Crippen LogP contribution is 2.30. The van der Waals surface area contributed by atoms with Crippen molar-refractivity contribution >= 4 is 5.91 Å². The third-order valence-electron chi connectivity index (χ3n) is 5.65. The molecule has 2 fully saturated rings. The summed E-state index contributed by atoms with van der Waals surface area (Å²) in [6.45, 7) is 5.48.